The lowest BCUT2D eigenvalue weighted by atomic mass is 10.1. The molecule has 2 unspecified atom stereocenters. The minimum atomic E-state index is -0.0462. The third kappa shape index (κ3) is 3.01. The van der Waals surface area contributed by atoms with Crippen LogP contribution in [0.4, 0.5) is 0 Å². The van der Waals surface area contributed by atoms with Gasteiger partial charge in [0, 0.05) is 19.1 Å². The Morgan fingerprint density at radius 2 is 1.76 bits per heavy atom. The fraction of sp³-hybridized carbons (Fsp3) is 1.00. The molecule has 17 heavy (non-hydrogen) atoms. The average Bonchev–Trinajstić information content (AvgIpc) is 3.12. The SMILES string of the molecule is OC(CN1CCC(N2CCCCC2)C1)C1CC1. The number of rotatable bonds is 4. The van der Waals surface area contributed by atoms with E-state index in [1.807, 2.05) is 0 Å². The lowest BCUT2D eigenvalue weighted by Gasteiger charge is -2.32. The maximum atomic E-state index is 9.99. The molecule has 0 radical (unpaired) electrons. The Bertz CT molecular complexity index is 249. The summed E-state index contributed by atoms with van der Waals surface area (Å²) in [5, 5.41) is 9.99. The first-order chi connectivity index (χ1) is 8.33. The van der Waals surface area contributed by atoms with Crippen molar-refractivity contribution in [3.63, 3.8) is 0 Å². The lowest BCUT2D eigenvalue weighted by molar-refractivity contribution is 0.0982. The minimum Gasteiger partial charge on any atom is -0.392 e. The number of aliphatic hydroxyl groups is 1. The molecule has 3 rings (SSSR count). The molecule has 3 fully saturated rings. The molecule has 0 aromatic carbocycles. The minimum absolute atomic E-state index is 0.0462. The average molecular weight is 238 g/mol. The van der Waals surface area contributed by atoms with Crippen LogP contribution in [0.15, 0.2) is 0 Å². The van der Waals surface area contributed by atoms with Crippen molar-refractivity contribution in [3.8, 4) is 0 Å². The monoisotopic (exact) mass is 238 g/mol. The fourth-order valence-corrected chi connectivity index (χ4v) is 3.45. The van der Waals surface area contributed by atoms with Crippen LogP contribution < -0.4 is 0 Å². The summed E-state index contributed by atoms with van der Waals surface area (Å²) in [6.07, 6.45) is 7.98. The Morgan fingerprint density at radius 1 is 1.00 bits per heavy atom. The molecule has 3 heteroatoms. The highest BCUT2D eigenvalue weighted by atomic mass is 16.3. The van der Waals surface area contributed by atoms with E-state index in [2.05, 4.69) is 9.80 Å². The zero-order chi connectivity index (χ0) is 11.7. The van der Waals surface area contributed by atoms with E-state index in [9.17, 15) is 5.11 Å². The van der Waals surface area contributed by atoms with Crippen LogP contribution in [0.3, 0.4) is 0 Å². The molecule has 2 aliphatic heterocycles. The van der Waals surface area contributed by atoms with Crippen LogP contribution in [0.1, 0.15) is 38.5 Å². The molecule has 0 spiro atoms. The third-order valence-electron chi connectivity index (χ3n) is 4.77. The number of hydrogen-bond acceptors (Lipinski definition) is 3. The summed E-state index contributed by atoms with van der Waals surface area (Å²) in [4.78, 5) is 5.18. The molecule has 1 N–H and O–H groups in total. The fourth-order valence-electron chi connectivity index (χ4n) is 3.45. The summed E-state index contributed by atoms with van der Waals surface area (Å²) < 4.78 is 0. The van der Waals surface area contributed by atoms with Gasteiger partial charge in [-0.05, 0) is 57.7 Å². The van der Waals surface area contributed by atoms with Gasteiger partial charge < -0.3 is 5.11 Å². The maximum Gasteiger partial charge on any atom is 0.0695 e. The molecule has 1 saturated carbocycles. The van der Waals surface area contributed by atoms with Gasteiger partial charge in [0.05, 0.1) is 6.10 Å². The molecular formula is C14H26N2O. The summed E-state index contributed by atoms with van der Waals surface area (Å²) in [5.74, 6) is 0.629. The Labute approximate surface area is 105 Å². The van der Waals surface area contributed by atoms with Gasteiger partial charge in [-0.25, -0.2) is 0 Å². The van der Waals surface area contributed by atoms with E-state index in [0.29, 0.717) is 5.92 Å². The summed E-state index contributed by atoms with van der Waals surface area (Å²) >= 11 is 0. The van der Waals surface area contributed by atoms with E-state index in [-0.39, 0.29) is 6.10 Å². The van der Waals surface area contributed by atoms with Gasteiger partial charge in [0.15, 0.2) is 0 Å². The van der Waals surface area contributed by atoms with Gasteiger partial charge in [0.2, 0.25) is 0 Å². The van der Waals surface area contributed by atoms with Crippen LogP contribution >= 0.6 is 0 Å². The molecule has 0 aromatic heterocycles. The molecule has 3 aliphatic rings. The number of likely N-dealkylation sites (tertiary alicyclic amines) is 2. The van der Waals surface area contributed by atoms with Crippen molar-refractivity contribution in [3.05, 3.63) is 0 Å². The summed E-state index contributed by atoms with van der Waals surface area (Å²) in [6, 6.07) is 0.779. The molecule has 3 nitrogen and oxygen atoms in total. The summed E-state index contributed by atoms with van der Waals surface area (Å²) in [5.41, 5.74) is 0. The molecule has 1 aliphatic carbocycles. The summed E-state index contributed by atoms with van der Waals surface area (Å²) in [7, 11) is 0. The molecule has 2 saturated heterocycles. The van der Waals surface area contributed by atoms with Crippen LogP contribution in [0.2, 0.25) is 0 Å². The van der Waals surface area contributed by atoms with Crippen LogP contribution in [0, 0.1) is 5.92 Å². The predicted octanol–water partition coefficient (Wildman–Crippen LogP) is 1.32. The van der Waals surface area contributed by atoms with Gasteiger partial charge in [-0.15, -0.1) is 0 Å². The van der Waals surface area contributed by atoms with Crippen LogP contribution in [0.25, 0.3) is 0 Å². The first-order valence-electron chi connectivity index (χ1n) is 7.47. The Hall–Kier alpha value is -0.120. The molecule has 0 aromatic rings. The highest BCUT2D eigenvalue weighted by molar-refractivity contribution is 4.88. The Kier molecular flexibility index (Phi) is 3.69. The molecule has 2 heterocycles. The normalized spacial score (nSPS) is 34.1. The lowest BCUT2D eigenvalue weighted by Crippen LogP contribution is -2.41. The van der Waals surface area contributed by atoms with Crippen molar-refractivity contribution in [2.24, 2.45) is 5.92 Å². The second kappa shape index (κ2) is 5.25. The van der Waals surface area contributed by atoms with Gasteiger partial charge in [0.25, 0.3) is 0 Å². The highest BCUT2D eigenvalue weighted by Gasteiger charge is 2.34. The zero-order valence-corrected chi connectivity index (χ0v) is 10.9. The standard InChI is InChI=1S/C14H26N2O/c17-14(12-4-5-12)11-15-9-6-13(10-15)16-7-2-1-3-8-16/h12-14,17H,1-11H2. The van der Waals surface area contributed by atoms with Crippen molar-refractivity contribution >= 4 is 0 Å². The van der Waals surface area contributed by atoms with Crippen LogP contribution in [-0.2, 0) is 0 Å². The topological polar surface area (TPSA) is 26.7 Å². The molecule has 0 amide bonds. The number of nitrogens with zero attached hydrogens (tertiary/aromatic N) is 2. The van der Waals surface area contributed by atoms with Gasteiger partial charge >= 0.3 is 0 Å². The van der Waals surface area contributed by atoms with Crippen molar-refractivity contribution in [2.45, 2.75) is 50.7 Å². The number of piperidine rings is 1. The first kappa shape index (κ1) is 11.9. The van der Waals surface area contributed by atoms with Gasteiger partial charge in [-0.1, -0.05) is 6.42 Å². The number of β-amino-alcohol motifs (C(OH)–C–C–N with tert-alkyl or cyclic N) is 1. The van der Waals surface area contributed by atoms with E-state index in [0.717, 1.165) is 12.6 Å². The largest absolute Gasteiger partial charge is 0.392 e. The van der Waals surface area contributed by atoms with E-state index < -0.39 is 0 Å². The van der Waals surface area contributed by atoms with E-state index in [1.54, 1.807) is 0 Å². The van der Waals surface area contributed by atoms with Gasteiger partial charge in [-0.2, -0.15) is 0 Å². The van der Waals surface area contributed by atoms with Crippen LogP contribution in [-0.4, -0.2) is 59.8 Å². The smallest absolute Gasteiger partial charge is 0.0695 e. The van der Waals surface area contributed by atoms with E-state index in [4.69, 9.17) is 0 Å². The van der Waals surface area contributed by atoms with Gasteiger partial charge in [-0.3, -0.25) is 9.80 Å². The molecule has 2 atom stereocenters. The second-order valence-corrected chi connectivity index (χ2v) is 6.20. The number of hydrogen-bond donors (Lipinski definition) is 1. The number of aliphatic hydroxyl groups excluding tert-OH is 1. The highest BCUT2D eigenvalue weighted by Crippen LogP contribution is 2.33. The quantitative estimate of drug-likeness (QED) is 0.800. The maximum absolute atomic E-state index is 9.99. The van der Waals surface area contributed by atoms with Gasteiger partial charge in [0.1, 0.15) is 0 Å². The molecular weight excluding hydrogens is 212 g/mol. The Balaban J connectivity index is 1.44. The second-order valence-electron chi connectivity index (χ2n) is 6.20. The summed E-state index contributed by atoms with van der Waals surface area (Å²) in [6.45, 7) is 5.94. The molecule has 0 bridgehead atoms. The van der Waals surface area contributed by atoms with Crippen molar-refractivity contribution in [1.82, 2.24) is 9.80 Å². The zero-order valence-electron chi connectivity index (χ0n) is 10.9. The van der Waals surface area contributed by atoms with Crippen LogP contribution in [0.5, 0.6) is 0 Å². The first-order valence-corrected chi connectivity index (χ1v) is 7.47. The van der Waals surface area contributed by atoms with E-state index >= 15 is 0 Å². The van der Waals surface area contributed by atoms with Crippen molar-refractivity contribution in [2.75, 3.05) is 32.7 Å². The van der Waals surface area contributed by atoms with E-state index in [1.165, 1.54) is 64.7 Å². The van der Waals surface area contributed by atoms with Crippen molar-refractivity contribution < 1.29 is 5.11 Å². The third-order valence-corrected chi connectivity index (χ3v) is 4.77. The molecule has 98 valence electrons. The Morgan fingerprint density at radius 3 is 2.47 bits per heavy atom. The van der Waals surface area contributed by atoms with Crippen molar-refractivity contribution in [1.29, 1.82) is 0 Å². The predicted molar refractivity (Wildman–Crippen MR) is 69.0 cm³/mol.